The van der Waals surface area contributed by atoms with Crippen molar-refractivity contribution in [1.82, 2.24) is 0 Å². The number of anilines is 1. The first kappa shape index (κ1) is 15.4. The van der Waals surface area contributed by atoms with E-state index in [1.165, 1.54) is 0 Å². The van der Waals surface area contributed by atoms with Gasteiger partial charge in [-0.25, -0.2) is 0 Å². The van der Waals surface area contributed by atoms with Gasteiger partial charge in [0.15, 0.2) is 0 Å². The molecule has 0 amide bonds. The summed E-state index contributed by atoms with van der Waals surface area (Å²) in [7, 11) is 0. The van der Waals surface area contributed by atoms with Gasteiger partial charge in [0.05, 0.1) is 5.69 Å². The molecule has 0 radical (unpaired) electrons. The van der Waals surface area contributed by atoms with Crippen LogP contribution in [0.4, 0.5) is 5.69 Å². The molecule has 6 heteroatoms. The number of alkyl halides is 1. The van der Waals surface area contributed by atoms with E-state index in [2.05, 4.69) is 21.4 Å². The van der Waals surface area contributed by atoms with Crippen molar-refractivity contribution in [2.24, 2.45) is 5.84 Å². The van der Waals surface area contributed by atoms with Crippen molar-refractivity contribution in [2.45, 2.75) is 11.3 Å². The number of nitrogens with two attached hydrogens (primary N) is 1. The van der Waals surface area contributed by atoms with Crippen LogP contribution in [0.2, 0.25) is 0 Å². The molecule has 0 aromatic heterocycles. The molecule has 0 atom stereocenters. The highest BCUT2D eigenvalue weighted by Crippen LogP contribution is 2.29. The van der Waals surface area contributed by atoms with Crippen molar-refractivity contribution in [3.05, 3.63) is 22.7 Å². The molecular weight excluding hydrogens is 319 g/mol. The largest absolute Gasteiger partial charge is 0.323 e. The fourth-order valence-electron chi connectivity index (χ4n) is 0.978. The topological polar surface area (TPSA) is 38.0 Å². The zero-order valence-electron chi connectivity index (χ0n) is 8.00. The number of halogens is 3. The Morgan fingerprint density at radius 2 is 2.20 bits per heavy atom. The zero-order valence-corrected chi connectivity index (χ0v) is 12.0. The van der Waals surface area contributed by atoms with E-state index in [-0.39, 0.29) is 12.4 Å². The Balaban J connectivity index is 0.00000196. The molecule has 1 rings (SSSR count). The van der Waals surface area contributed by atoms with E-state index in [0.29, 0.717) is 5.88 Å². The minimum absolute atomic E-state index is 0. The van der Waals surface area contributed by atoms with Crippen molar-refractivity contribution < 1.29 is 0 Å². The summed E-state index contributed by atoms with van der Waals surface area (Å²) in [6, 6.07) is 6.01. The quantitative estimate of drug-likeness (QED) is 0.283. The van der Waals surface area contributed by atoms with Crippen LogP contribution in [0.3, 0.4) is 0 Å². The van der Waals surface area contributed by atoms with Crippen molar-refractivity contribution in [3.8, 4) is 0 Å². The van der Waals surface area contributed by atoms with Crippen molar-refractivity contribution in [3.63, 3.8) is 0 Å². The van der Waals surface area contributed by atoms with E-state index in [0.717, 1.165) is 27.2 Å². The van der Waals surface area contributed by atoms with E-state index in [9.17, 15) is 0 Å². The smallest absolute Gasteiger partial charge is 0.0632 e. The third kappa shape index (κ3) is 5.31. The molecule has 3 N–H and O–H groups in total. The van der Waals surface area contributed by atoms with E-state index in [4.69, 9.17) is 17.4 Å². The predicted octanol–water partition coefficient (Wildman–Crippen LogP) is 3.88. The highest BCUT2D eigenvalue weighted by molar-refractivity contribution is 9.10. The summed E-state index contributed by atoms with van der Waals surface area (Å²) in [5.41, 5.74) is 3.62. The second-order valence-corrected chi connectivity index (χ2v) is 5.11. The maximum absolute atomic E-state index is 5.61. The molecule has 0 aliphatic rings. The summed E-state index contributed by atoms with van der Waals surface area (Å²) in [5.74, 6) is 7.13. The Hall–Kier alpha value is 0.390. The third-order valence-electron chi connectivity index (χ3n) is 1.63. The molecule has 0 bridgehead atoms. The number of nitrogens with one attached hydrogen (secondary N) is 1. The number of benzene rings is 1. The monoisotopic (exact) mass is 330 g/mol. The Morgan fingerprint density at radius 1 is 1.47 bits per heavy atom. The van der Waals surface area contributed by atoms with Gasteiger partial charge in [-0.15, -0.1) is 35.8 Å². The van der Waals surface area contributed by atoms with Gasteiger partial charge in [-0.3, -0.25) is 5.84 Å². The molecule has 2 nitrogen and oxygen atoms in total. The molecule has 1 aromatic carbocycles. The van der Waals surface area contributed by atoms with E-state index >= 15 is 0 Å². The van der Waals surface area contributed by atoms with E-state index in [1.807, 2.05) is 18.2 Å². The first-order valence-electron chi connectivity index (χ1n) is 4.23. The molecule has 0 aliphatic heterocycles. The van der Waals surface area contributed by atoms with Crippen LogP contribution in [0, 0.1) is 0 Å². The number of rotatable bonds is 5. The van der Waals surface area contributed by atoms with Gasteiger partial charge in [0.25, 0.3) is 0 Å². The molecule has 0 heterocycles. The van der Waals surface area contributed by atoms with Gasteiger partial charge < -0.3 is 5.43 Å². The summed E-state index contributed by atoms with van der Waals surface area (Å²) in [6.45, 7) is 0. The van der Waals surface area contributed by atoms with Gasteiger partial charge in [-0.2, -0.15) is 0 Å². The number of hydrogen-bond acceptors (Lipinski definition) is 3. The van der Waals surface area contributed by atoms with Crippen molar-refractivity contribution >= 4 is 57.4 Å². The molecule has 0 saturated heterocycles. The van der Waals surface area contributed by atoms with Crippen LogP contribution in [0.5, 0.6) is 0 Å². The number of hydrazine groups is 1. The molecule has 0 unspecified atom stereocenters. The third-order valence-corrected chi connectivity index (χ3v) is 3.55. The van der Waals surface area contributed by atoms with Crippen LogP contribution in [0.1, 0.15) is 6.42 Å². The van der Waals surface area contributed by atoms with Gasteiger partial charge in [-0.05, 0) is 30.4 Å². The second-order valence-electron chi connectivity index (χ2n) is 2.68. The minimum Gasteiger partial charge on any atom is -0.323 e. The van der Waals surface area contributed by atoms with Crippen LogP contribution < -0.4 is 11.3 Å². The van der Waals surface area contributed by atoms with E-state index in [1.54, 1.807) is 11.8 Å². The lowest BCUT2D eigenvalue weighted by atomic mass is 10.3. The summed E-state index contributed by atoms with van der Waals surface area (Å²) >= 11 is 10.8. The number of nitrogen functional groups attached to an aromatic ring is 1. The van der Waals surface area contributed by atoms with Crippen LogP contribution in [0.15, 0.2) is 27.6 Å². The lowest BCUT2D eigenvalue weighted by Crippen LogP contribution is -2.07. The SMILES string of the molecule is Cl.NNc1cc(Br)ccc1SCCCCl. The van der Waals surface area contributed by atoms with Crippen LogP contribution >= 0.6 is 51.7 Å². The maximum atomic E-state index is 5.61. The first-order valence-corrected chi connectivity index (χ1v) is 6.54. The Kier molecular flexibility index (Phi) is 8.75. The van der Waals surface area contributed by atoms with Gasteiger partial charge in [-0.1, -0.05) is 15.9 Å². The lowest BCUT2D eigenvalue weighted by molar-refractivity contribution is 1.11. The highest BCUT2D eigenvalue weighted by atomic mass is 79.9. The Bertz CT molecular complexity index is 299. The summed E-state index contributed by atoms with van der Waals surface area (Å²) in [5, 5.41) is 0. The van der Waals surface area contributed by atoms with Gasteiger partial charge in [0, 0.05) is 15.2 Å². The molecule has 86 valence electrons. The Morgan fingerprint density at radius 3 is 2.80 bits per heavy atom. The molecule has 0 spiro atoms. The normalized spacial score (nSPS) is 9.53. The van der Waals surface area contributed by atoms with Crippen LogP contribution in [0.25, 0.3) is 0 Å². The minimum atomic E-state index is 0. The van der Waals surface area contributed by atoms with Crippen molar-refractivity contribution in [1.29, 1.82) is 0 Å². The molecule has 15 heavy (non-hydrogen) atoms. The molecule has 1 aromatic rings. The number of thioether (sulfide) groups is 1. The summed E-state index contributed by atoms with van der Waals surface area (Å²) < 4.78 is 1.02. The first-order chi connectivity index (χ1) is 6.77. The second kappa shape index (κ2) is 8.53. The van der Waals surface area contributed by atoms with Crippen LogP contribution in [-0.2, 0) is 0 Å². The molecule has 0 aliphatic carbocycles. The number of hydrogen-bond donors (Lipinski definition) is 2. The average molecular weight is 332 g/mol. The molecular formula is C9H13BrCl2N2S. The van der Waals surface area contributed by atoms with Crippen LogP contribution in [-0.4, -0.2) is 11.6 Å². The predicted molar refractivity (Wildman–Crippen MR) is 75.3 cm³/mol. The summed E-state index contributed by atoms with van der Waals surface area (Å²) in [6.07, 6.45) is 1.01. The molecule has 0 saturated carbocycles. The Labute approximate surface area is 114 Å². The van der Waals surface area contributed by atoms with Crippen molar-refractivity contribution in [2.75, 3.05) is 17.1 Å². The maximum Gasteiger partial charge on any atom is 0.0632 e. The molecule has 0 fully saturated rings. The van der Waals surface area contributed by atoms with Gasteiger partial charge in [0.2, 0.25) is 0 Å². The van der Waals surface area contributed by atoms with Gasteiger partial charge >= 0.3 is 0 Å². The fraction of sp³-hybridized carbons (Fsp3) is 0.333. The average Bonchev–Trinajstić information content (AvgIpc) is 2.20. The fourth-order valence-corrected chi connectivity index (χ4v) is 2.58. The standard InChI is InChI=1S/C9H12BrClN2S.ClH/c10-7-2-3-9(8(6-7)13-12)14-5-1-4-11;/h2-3,6,13H,1,4-5,12H2;1H. The van der Waals surface area contributed by atoms with Gasteiger partial charge in [0.1, 0.15) is 0 Å². The lowest BCUT2D eigenvalue weighted by Gasteiger charge is -2.08. The van der Waals surface area contributed by atoms with E-state index < -0.39 is 0 Å². The highest BCUT2D eigenvalue weighted by Gasteiger charge is 2.01. The zero-order chi connectivity index (χ0) is 10.4. The summed E-state index contributed by atoms with van der Waals surface area (Å²) in [4.78, 5) is 1.15.